The van der Waals surface area contributed by atoms with Gasteiger partial charge in [0.2, 0.25) is 0 Å². The maximum absolute atomic E-state index is 12.3. The van der Waals surface area contributed by atoms with Gasteiger partial charge in [-0.2, -0.15) is 0 Å². The minimum atomic E-state index is -0.479. The number of likely N-dealkylation sites (tertiary alicyclic amines) is 1. The van der Waals surface area contributed by atoms with Crippen LogP contribution in [0.2, 0.25) is 0 Å². The van der Waals surface area contributed by atoms with Gasteiger partial charge in [0, 0.05) is 25.8 Å². The van der Waals surface area contributed by atoms with Crippen molar-refractivity contribution in [1.29, 1.82) is 0 Å². The molecule has 2 amide bonds. The molecule has 1 aromatic heterocycles. The molecular weight excluding hydrogens is 306 g/mol. The van der Waals surface area contributed by atoms with Crippen LogP contribution in [0, 0.1) is 0 Å². The van der Waals surface area contributed by atoms with Crippen molar-refractivity contribution >= 4 is 12.0 Å². The Hall–Kier alpha value is -2.11. The zero-order valence-electron chi connectivity index (χ0n) is 15.1. The number of nitrogens with zero attached hydrogens (tertiary/aromatic N) is 2. The lowest BCUT2D eigenvalue weighted by Crippen LogP contribution is -2.46. The van der Waals surface area contributed by atoms with Crippen LogP contribution in [0.15, 0.2) is 18.3 Å². The predicted octanol–water partition coefficient (Wildman–Crippen LogP) is 2.94. The average Bonchev–Trinajstić information content (AvgIpc) is 2.52. The lowest BCUT2D eigenvalue weighted by molar-refractivity contribution is 0.0103. The molecular formula is C18H27N3O3. The topological polar surface area (TPSA) is 71.5 Å². The standard InChI is InChI=1S/C18H27N3O3/c1-12-10-13(8-9-21(12)17(23)24-18(2,3)4)14-6-7-15(20-11-14)16(22)19-5/h6-7,11-13H,8-10H2,1-5H3,(H,19,22). The Labute approximate surface area is 143 Å². The van der Waals surface area contributed by atoms with Gasteiger partial charge in [0.1, 0.15) is 11.3 Å². The van der Waals surface area contributed by atoms with E-state index in [1.165, 1.54) is 0 Å². The first-order valence-electron chi connectivity index (χ1n) is 8.39. The quantitative estimate of drug-likeness (QED) is 0.903. The van der Waals surface area contributed by atoms with Gasteiger partial charge in [-0.05, 0) is 58.1 Å². The molecule has 2 heterocycles. The summed E-state index contributed by atoms with van der Waals surface area (Å²) in [6.07, 6.45) is 3.25. The van der Waals surface area contributed by atoms with Crippen LogP contribution in [0.3, 0.4) is 0 Å². The highest BCUT2D eigenvalue weighted by Gasteiger charge is 2.32. The second-order valence-corrected chi connectivity index (χ2v) is 7.30. The molecule has 2 atom stereocenters. The van der Waals surface area contributed by atoms with Crippen molar-refractivity contribution in [3.05, 3.63) is 29.6 Å². The number of piperidine rings is 1. The van der Waals surface area contributed by atoms with Crippen LogP contribution in [0.4, 0.5) is 4.79 Å². The molecule has 2 unspecified atom stereocenters. The molecule has 2 rings (SSSR count). The van der Waals surface area contributed by atoms with Gasteiger partial charge in [0.15, 0.2) is 0 Å². The summed E-state index contributed by atoms with van der Waals surface area (Å²) in [6.45, 7) is 8.34. The number of nitrogens with one attached hydrogen (secondary N) is 1. The number of hydrogen-bond acceptors (Lipinski definition) is 4. The maximum Gasteiger partial charge on any atom is 0.410 e. The Morgan fingerprint density at radius 2 is 2.04 bits per heavy atom. The molecule has 6 heteroatoms. The van der Waals surface area contributed by atoms with Gasteiger partial charge in [-0.3, -0.25) is 9.78 Å². The number of rotatable bonds is 2. The van der Waals surface area contributed by atoms with Crippen molar-refractivity contribution in [3.8, 4) is 0 Å². The van der Waals surface area contributed by atoms with Crippen LogP contribution in [0.25, 0.3) is 0 Å². The summed E-state index contributed by atoms with van der Waals surface area (Å²) in [5.41, 5.74) is 1.05. The van der Waals surface area contributed by atoms with Gasteiger partial charge < -0.3 is 15.0 Å². The number of carbonyl (C=O) groups excluding carboxylic acids is 2. The van der Waals surface area contributed by atoms with E-state index in [1.54, 1.807) is 24.2 Å². The Morgan fingerprint density at radius 1 is 1.33 bits per heavy atom. The summed E-state index contributed by atoms with van der Waals surface area (Å²) in [6, 6.07) is 3.81. The molecule has 1 fully saturated rings. The van der Waals surface area contributed by atoms with E-state index in [0.717, 1.165) is 18.4 Å². The zero-order chi connectivity index (χ0) is 17.9. The summed E-state index contributed by atoms with van der Waals surface area (Å²) in [4.78, 5) is 29.9. The normalized spacial score (nSPS) is 21.3. The van der Waals surface area contributed by atoms with Crippen molar-refractivity contribution in [3.63, 3.8) is 0 Å². The van der Waals surface area contributed by atoms with E-state index in [2.05, 4.69) is 10.3 Å². The SMILES string of the molecule is CNC(=O)c1ccc(C2CCN(C(=O)OC(C)(C)C)C(C)C2)cn1. The van der Waals surface area contributed by atoms with Crippen LogP contribution in [0.5, 0.6) is 0 Å². The summed E-state index contributed by atoms with van der Waals surface area (Å²) in [5, 5.41) is 2.56. The Bertz CT molecular complexity index is 593. The first-order valence-corrected chi connectivity index (χ1v) is 8.39. The van der Waals surface area contributed by atoms with E-state index in [9.17, 15) is 9.59 Å². The van der Waals surface area contributed by atoms with Gasteiger partial charge in [-0.1, -0.05) is 6.07 Å². The molecule has 1 aromatic rings. The molecule has 0 aliphatic carbocycles. The lowest BCUT2D eigenvalue weighted by Gasteiger charge is -2.38. The van der Waals surface area contributed by atoms with Crippen LogP contribution in [-0.2, 0) is 4.74 Å². The third-order valence-corrected chi connectivity index (χ3v) is 4.22. The van der Waals surface area contributed by atoms with E-state index in [4.69, 9.17) is 4.74 Å². The second-order valence-electron chi connectivity index (χ2n) is 7.30. The lowest BCUT2D eigenvalue weighted by atomic mass is 9.86. The van der Waals surface area contributed by atoms with Crippen molar-refractivity contribution in [1.82, 2.24) is 15.2 Å². The van der Waals surface area contributed by atoms with Crippen LogP contribution in [0.1, 0.15) is 62.5 Å². The first kappa shape index (κ1) is 18.2. The molecule has 0 bridgehead atoms. The van der Waals surface area contributed by atoms with Gasteiger partial charge >= 0.3 is 6.09 Å². The van der Waals surface area contributed by atoms with Crippen LogP contribution < -0.4 is 5.32 Å². The second kappa shape index (κ2) is 7.20. The first-order chi connectivity index (χ1) is 11.2. The molecule has 1 aliphatic rings. The summed E-state index contributed by atoms with van der Waals surface area (Å²) in [7, 11) is 1.59. The number of amides is 2. The molecule has 0 saturated carbocycles. The van der Waals surface area contributed by atoms with E-state index in [-0.39, 0.29) is 18.0 Å². The fraction of sp³-hybridized carbons (Fsp3) is 0.611. The summed E-state index contributed by atoms with van der Waals surface area (Å²) < 4.78 is 5.47. The smallest absolute Gasteiger partial charge is 0.410 e. The highest BCUT2D eigenvalue weighted by atomic mass is 16.6. The molecule has 24 heavy (non-hydrogen) atoms. The number of hydrogen-bond donors (Lipinski definition) is 1. The van der Waals surface area contributed by atoms with Gasteiger partial charge in [0.25, 0.3) is 5.91 Å². The molecule has 0 spiro atoms. The van der Waals surface area contributed by atoms with Crippen molar-refractivity contribution < 1.29 is 14.3 Å². The third-order valence-electron chi connectivity index (χ3n) is 4.22. The molecule has 0 radical (unpaired) electrons. The molecule has 1 aliphatic heterocycles. The van der Waals surface area contributed by atoms with Gasteiger partial charge in [0.05, 0.1) is 0 Å². The van der Waals surface area contributed by atoms with Crippen LogP contribution >= 0.6 is 0 Å². The largest absolute Gasteiger partial charge is 0.444 e. The van der Waals surface area contributed by atoms with Crippen molar-refractivity contribution in [2.75, 3.05) is 13.6 Å². The molecule has 132 valence electrons. The fourth-order valence-electron chi connectivity index (χ4n) is 2.98. The van der Waals surface area contributed by atoms with E-state index >= 15 is 0 Å². The number of ether oxygens (including phenoxy) is 1. The van der Waals surface area contributed by atoms with Gasteiger partial charge in [-0.15, -0.1) is 0 Å². The van der Waals surface area contributed by atoms with Crippen LogP contribution in [-0.4, -0.2) is 47.1 Å². The van der Waals surface area contributed by atoms with E-state index in [0.29, 0.717) is 18.2 Å². The van der Waals surface area contributed by atoms with Crippen molar-refractivity contribution in [2.24, 2.45) is 0 Å². The van der Waals surface area contributed by atoms with Crippen molar-refractivity contribution in [2.45, 2.75) is 58.1 Å². The fourth-order valence-corrected chi connectivity index (χ4v) is 2.98. The zero-order valence-corrected chi connectivity index (χ0v) is 15.1. The predicted molar refractivity (Wildman–Crippen MR) is 92.0 cm³/mol. The monoisotopic (exact) mass is 333 g/mol. The molecule has 0 aromatic carbocycles. The summed E-state index contributed by atoms with van der Waals surface area (Å²) >= 11 is 0. The minimum Gasteiger partial charge on any atom is -0.444 e. The molecule has 1 N–H and O–H groups in total. The molecule has 6 nitrogen and oxygen atoms in total. The Kier molecular flexibility index (Phi) is 5.47. The van der Waals surface area contributed by atoms with Gasteiger partial charge in [-0.25, -0.2) is 4.79 Å². The highest BCUT2D eigenvalue weighted by molar-refractivity contribution is 5.91. The third kappa shape index (κ3) is 4.46. The number of aromatic nitrogens is 1. The average molecular weight is 333 g/mol. The highest BCUT2D eigenvalue weighted by Crippen LogP contribution is 2.32. The molecule has 1 saturated heterocycles. The maximum atomic E-state index is 12.3. The summed E-state index contributed by atoms with van der Waals surface area (Å²) in [5.74, 6) is 0.152. The van der Waals surface area contributed by atoms with E-state index < -0.39 is 5.60 Å². The number of pyridine rings is 1. The Morgan fingerprint density at radius 3 is 2.54 bits per heavy atom. The van der Waals surface area contributed by atoms with E-state index in [1.807, 2.05) is 33.8 Å². The number of carbonyl (C=O) groups is 2. The Balaban J connectivity index is 2.00. The minimum absolute atomic E-state index is 0.109.